The number of benzene rings is 1. The number of rotatable bonds is 3. The Morgan fingerprint density at radius 1 is 1.38 bits per heavy atom. The number of aliphatic hydroxyl groups excluding tert-OH is 1. The summed E-state index contributed by atoms with van der Waals surface area (Å²) < 4.78 is 2.12. The fourth-order valence-electron chi connectivity index (χ4n) is 3.29. The molecular formula is C16H20N2O3. The molecule has 1 aromatic carbocycles. The van der Waals surface area contributed by atoms with Crippen LogP contribution in [0.25, 0.3) is 11.0 Å². The van der Waals surface area contributed by atoms with Crippen LogP contribution in [0.2, 0.25) is 0 Å². The van der Waals surface area contributed by atoms with E-state index in [1.807, 2.05) is 13.0 Å². The molecule has 0 bridgehead atoms. The van der Waals surface area contributed by atoms with Crippen molar-refractivity contribution in [1.82, 2.24) is 9.55 Å². The Balaban J connectivity index is 2.13. The van der Waals surface area contributed by atoms with Gasteiger partial charge in [0.2, 0.25) is 0 Å². The summed E-state index contributed by atoms with van der Waals surface area (Å²) in [6, 6.07) is 5.08. The van der Waals surface area contributed by atoms with Crippen LogP contribution in [-0.2, 0) is 6.42 Å². The molecule has 0 aliphatic heterocycles. The molecule has 2 atom stereocenters. The van der Waals surface area contributed by atoms with Crippen LogP contribution in [0.15, 0.2) is 18.2 Å². The van der Waals surface area contributed by atoms with Crippen molar-refractivity contribution in [2.24, 2.45) is 0 Å². The largest absolute Gasteiger partial charge is 0.478 e. The zero-order valence-corrected chi connectivity index (χ0v) is 12.1. The number of aromatic carboxylic acids is 1. The van der Waals surface area contributed by atoms with E-state index >= 15 is 0 Å². The van der Waals surface area contributed by atoms with Gasteiger partial charge in [0, 0.05) is 6.42 Å². The maximum absolute atomic E-state index is 11.1. The summed E-state index contributed by atoms with van der Waals surface area (Å²) in [6.45, 7) is 2.03. The Hall–Kier alpha value is -1.88. The van der Waals surface area contributed by atoms with Crippen LogP contribution < -0.4 is 0 Å². The van der Waals surface area contributed by atoms with Crippen LogP contribution in [0, 0.1) is 0 Å². The number of aromatic nitrogens is 2. The molecule has 1 aliphatic rings. The topological polar surface area (TPSA) is 75.3 Å². The first kappa shape index (κ1) is 14.1. The van der Waals surface area contributed by atoms with Gasteiger partial charge in [-0.25, -0.2) is 9.78 Å². The van der Waals surface area contributed by atoms with E-state index in [0.29, 0.717) is 5.52 Å². The van der Waals surface area contributed by atoms with Crippen molar-refractivity contribution in [3.8, 4) is 0 Å². The fraction of sp³-hybridized carbons (Fsp3) is 0.500. The molecule has 112 valence electrons. The highest BCUT2D eigenvalue weighted by Crippen LogP contribution is 2.33. The van der Waals surface area contributed by atoms with Crippen molar-refractivity contribution in [3.05, 3.63) is 29.6 Å². The molecule has 0 amide bonds. The molecule has 1 saturated carbocycles. The van der Waals surface area contributed by atoms with Crippen LogP contribution in [0.3, 0.4) is 0 Å². The van der Waals surface area contributed by atoms with E-state index in [0.717, 1.165) is 43.4 Å². The van der Waals surface area contributed by atoms with E-state index < -0.39 is 5.97 Å². The lowest BCUT2D eigenvalue weighted by molar-refractivity contribution is 0.0696. The summed E-state index contributed by atoms with van der Waals surface area (Å²) in [5, 5.41) is 19.4. The average Bonchev–Trinajstić information content (AvgIpc) is 2.85. The molecule has 1 fully saturated rings. The number of aliphatic hydroxyl groups is 1. The predicted octanol–water partition coefficient (Wildman–Crippen LogP) is 2.77. The first-order valence-corrected chi connectivity index (χ1v) is 7.54. The van der Waals surface area contributed by atoms with Crippen LogP contribution in [0.5, 0.6) is 0 Å². The third-order valence-electron chi connectivity index (χ3n) is 4.35. The van der Waals surface area contributed by atoms with E-state index in [2.05, 4.69) is 9.55 Å². The normalized spacial score (nSPS) is 22.6. The second-order valence-corrected chi connectivity index (χ2v) is 5.68. The van der Waals surface area contributed by atoms with E-state index in [1.54, 1.807) is 12.1 Å². The monoisotopic (exact) mass is 288 g/mol. The smallest absolute Gasteiger partial charge is 0.335 e. The quantitative estimate of drug-likeness (QED) is 0.910. The maximum Gasteiger partial charge on any atom is 0.335 e. The SMILES string of the molecule is CCc1nc2cc(C(=O)O)ccc2n1C1CCCCC1O. The summed E-state index contributed by atoms with van der Waals surface area (Å²) in [5.74, 6) is -0.0271. The second-order valence-electron chi connectivity index (χ2n) is 5.68. The van der Waals surface area contributed by atoms with Crippen molar-refractivity contribution in [2.45, 2.75) is 51.2 Å². The van der Waals surface area contributed by atoms with Gasteiger partial charge in [-0.1, -0.05) is 19.8 Å². The Morgan fingerprint density at radius 3 is 2.81 bits per heavy atom. The minimum Gasteiger partial charge on any atom is -0.478 e. The fourth-order valence-corrected chi connectivity index (χ4v) is 3.29. The lowest BCUT2D eigenvalue weighted by atomic mass is 9.92. The third-order valence-corrected chi connectivity index (χ3v) is 4.35. The molecule has 2 N–H and O–H groups in total. The third kappa shape index (κ3) is 2.42. The van der Waals surface area contributed by atoms with E-state index in [1.165, 1.54) is 0 Å². The summed E-state index contributed by atoms with van der Waals surface area (Å²) in [6.07, 6.45) is 4.36. The van der Waals surface area contributed by atoms with Gasteiger partial charge in [0.25, 0.3) is 0 Å². The summed E-state index contributed by atoms with van der Waals surface area (Å²) in [4.78, 5) is 15.7. The van der Waals surface area contributed by atoms with Crippen LogP contribution in [0.1, 0.15) is 54.8 Å². The van der Waals surface area contributed by atoms with Gasteiger partial charge in [-0.2, -0.15) is 0 Å². The molecule has 0 saturated heterocycles. The number of imidazole rings is 1. The number of hydrogen-bond donors (Lipinski definition) is 2. The maximum atomic E-state index is 11.1. The Kier molecular flexibility index (Phi) is 3.68. The van der Waals surface area contributed by atoms with Crippen LogP contribution in [-0.4, -0.2) is 31.8 Å². The van der Waals surface area contributed by atoms with Gasteiger partial charge in [-0.15, -0.1) is 0 Å². The summed E-state index contributed by atoms with van der Waals surface area (Å²) >= 11 is 0. The molecule has 21 heavy (non-hydrogen) atoms. The molecule has 1 aromatic heterocycles. The van der Waals surface area contributed by atoms with Crippen LogP contribution in [0.4, 0.5) is 0 Å². The molecule has 5 nitrogen and oxygen atoms in total. The Labute approximate surface area is 123 Å². The molecule has 1 aliphatic carbocycles. The number of carbonyl (C=O) groups is 1. The number of carboxylic acids is 1. The lowest BCUT2D eigenvalue weighted by Crippen LogP contribution is -2.28. The average molecular weight is 288 g/mol. The van der Waals surface area contributed by atoms with Gasteiger partial charge in [0.15, 0.2) is 0 Å². The van der Waals surface area contributed by atoms with Gasteiger partial charge >= 0.3 is 5.97 Å². The zero-order valence-electron chi connectivity index (χ0n) is 12.1. The molecule has 1 heterocycles. The second kappa shape index (κ2) is 5.48. The molecule has 0 radical (unpaired) electrons. The zero-order chi connectivity index (χ0) is 15.0. The highest BCUT2D eigenvalue weighted by atomic mass is 16.4. The number of hydrogen-bond acceptors (Lipinski definition) is 3. The van der Waals surface area contributed by atoms with Gasteiger partial charge < -0.3 is 14.8 Å². The molecule has 5 heteroatoms. The van der Waals surface area contributed by atoms with Gasteiger partial charge in [0.05, 0.1) is 28.7 Å². The minimum atomic E-state index is -0.942. The van der Waals surface area contributed by atoms with Crippen molar-refractivity contribution in [1.29, 1.82) is 0 Å². The van der Waals surface area contributed by atoms with Crippen molar-refractivity contribution in [2.75, 3.05) is 0 Å². The lowest BCUT2D eigenvalue weighted by Gasteiger charge is -2.30. The van der Waals surface area contributed by atoms with Crippen molar-refractivity contribution >= 4 is 17.0 Å². The van der Waals surface area contributed by atoms with Crippen molar-refractivity contribution < 1.29 is 15.0 Å². The van der Waals surface area contributed by atoms with E-state index in [-0.39, 0.29) is 17.7 Å². The Bertz CT molecular complexity index is 677. The molecular weight excluding hydrogens is 268 g/mol. The number of nitrogens with zero attached hydrogens (tertiary/aromatic N) is 2. The summed E-state index contributed by atoms with van der Waals surface area (Å²) in [5.41, 5.74) is 1.87. The standard InChI is InChI=1S/C16H20N2O3/c1-2-15-17-11-9-10(16(20)21)7-8-12(11)18(15)13-5-3-4-6-14(13)19/h7-9,13-14,19H,2-6H2,1H3,(H,20,21). The molecule has 3 rings (SSSR count). The predicted molar refractivity (Wildman–Crippen MR) is 79.6 cm³/mol. The van der Waals surface area contributed by atoms with Crippen molar-refractivity contribution in [3.63, 3.8) is 0 Å². The van der Waals surface area contributed by atoms with Gasteiger partial charge in [0.1, 0.15) is 5.82 Å². The highest BCUT2D eigenvalue weighted by Gasteiger charge is 2.28. The summed E-state index contributed by atoms with van der Waals surface area (Å²) in [7, 11) is 0. The number of aryl methyl sites for hydroxylation is 1. The van der Waals surface area contributed by atoms with E-state index in [4.69, 9.17) is 5.11 Å². The highest BCUT2D eigenvalue weighted by molar-refractivity contribution is 5.92. The minimum absolute atomic E-state index is 0.0504. The number of fused-ring (bicyclic) bond motifs is 1. The van der Waals surface area contributed by atoms with Gasteiger partial charge in [-0.05, 0) is 31.0 Å². The molecule has 2 aromatic rings. The van der Waals surface area contributed by atoms with Gasteiger partial charge in [-0.3, -0.25) is 0 Å². The first-order chi connectivity index (χ1) is 10.1. The van der Waals surface area contributed by atoms with Crippen LogP contribution >= 0.6 is 0 Å². The Morgan fingerprint density at radius 2 is 2.14 bits per heavy atom. The molecule has 0 spiro atoms. The van der Waals surface area contributed by atoms with E-state index in [9.17, 15) is 9.90 Å². The number of carboxylic acid groups (broad SMARTS) is 1. The molecule has 2 unspecified atom stereocenters. The first-order valence-electron chi connectivity index (χ1n) is 7.54.